The maximum Gasteiger partial charge on any atom is 0.253 e. The van der Waals surface area contributed by atoms with Gasteiger partial charge in [0, 0.05) is 13.1 Å². The summed E-state index contributed by atoms with van der Waals surface area (Å²) in [6.07, 6.45) is 5.95. The number of rotatable bonds is 6. The van der Waals surface area contributed by atoms with Gasteiger partial charge in [-0.15, -0.1) is 0 Å². The van der Waals surface area contributed by atoms with Crippen molar-refractivity contribution in [3.05, 3.63) is 70.7 Å². The second kappa shape index (κ2) is 9.74. The first-order valence-electron chi connectivity index (χ1n) is 9.92. The van der Waals surface area contributed by atoms with E-state index in [2.05, 4.69) is 5.32 Å². The van der Waals surface area contributed by atoms with E-state index in [1.165, 1.54) is 19.3 Å². The molecule has 2 amide bonds. The summed E-state index contributed by atoms with van der Waals surface area (Å²) in [6.45, 7) is 0. The summed E-state index contributed by atoms with van der Waals surface area (Å²) < 4.78 is 0. The Morgan fingerprint density at radius 2 is 1.68 bits per heavy atom. The molecule has 0 bridgehead atoms. The third-order valence-corrected chi connectivity index (χ3v) is 5.85. The normalized spacial score (nSPS) is 15.6. The number of nitrogens with zero attached hydrogens (tertiary/aromatic N) is 1. The Morgan fingerprint density at radius 3 is 2.36 bits per heavy atom. The lowest BCUT2D eigenvalue weighted by Gasteiger charge is -2.32. The Balaban J connectivity index is 1.75. The molecule has 4 nitrogen and oxygen atoms in total. The van der Waals surface area contributed by atoms with E-state index in [9.17, 15) is 9.59 Å². The first kappa shape index (κ1) is 20.4. The molecule has 0 saturated heterocycles. The van der Waals surface area contributed by atoms with Crippen molar-refractivity contribution in [2.75, 3.05) is 7.05 Å². The van der Waals surface area contributed by atoms with Crippen molar-refractivity contribution < 1.29 is 9.59 Å². The minimum Gasteiger partial charge on any atom is -0.345 e. The van der Waals surface area contributed by atoms with E-state index >= 15 is 0 Å². The van der Waals surface area contributed by atoms with Crippen LogP contribution in [0, 0.1) is 0 Å². The monoisotopic (exact) mass is 398 g/mol. The molecule has 1 saturated carbocycles. The van der Waals surface area contributed by atoms with Crippen molar-refractivity contribution in [3.63, 3.8) is 0 Å². The standard InChI is InChI=1S/C23H27ClN2O2/c1-26(18-12-6-3-7-13-18)22(27)16-21(17-10-4-2-5-11-17)25-23(28)19-14-8-9-15-20(19)24/h2,4-5,8-11,14-15,18,21H,3,6-7,12-13,16H2,1H3,(H,25,28). The molecule has 1 aliphatic carbocycles. The maximum absolute atomic E-state index is 13.0. The number of carbonyl (C=O) groups is 2. The first-order chi connectivity index (χ1) is 13.6. The average Bonchev–Trinajstić information content (AvgIpc) is 2.74. The van der Waals surface area contributed by atoms with Crippen LogP contribution in [0.15, 0.2) is 54.6 Å². The molecule has 5 heteroatoms. The molecule has 1 unspecified atom stereocenters. The molecule has 28 heavy (non-hydrogen) atoms. The molecule has 0 heterocycles. The van der Waals surface area contributed by atoms with Gasteiger partial charge in [-0.05, 0) is 30.5 Å². The molecule has 3 rings (SSSR count). The summed E-state index contributed by atoms with van der Waals surface area (Å²) in [5.41, 5.74) is 1.33. The molecule has 0 spiro atoms. The van der Waals surface area contributed by atoms with E-state index < -0.39 is 6.04 Å². The van der Waals surface area contributed by atoms with Crippen LogP contribution in [-0.2, 0) is 4.79 Å². The van der Waals surface area contributed by atoms with Crippen LogP contribution in [0.5, 0.6) is 0 Å². The molecule has 1 aliphatic rings. The van der Waals surface area contributed by atoms with E-state index in [4.69, 9.17) is 11.6 Å². The molecule has 148 valence electrons. The second-order valence-electron chi connectivity index (χ2n) is 7.42. The lowest BCUT2D eigenvalue weighted by Crippen LogP contribution is -2.40. The third-order valence-electron chi connectivity index (χ3n) is 5.52. The number of halogens is 1. The smallest absolute Gasteiger partial charge is 0.253 e. The molecular formula is C23H27ClN2O2. The molecule has 1 N–H and O–H groups in total. The number of hydrogen-bond donors (Lipinski definition) is 1. The number of nitrogens with one attached hydrogen (secondary N) is 1. The van der Waals surface area contributed by atoms with Crippen LogP contribution in [0.25, 0.3) is 0 Å². The second-order valence-corrected chi connectivity index (χ2v) is 7.82. The summed E-state index contributed by atoms with van der Waals surface area (Å²) >= 11 is 6.17. The SMILES string of the molecule is CN(C(=O)CC(NC(=O)c1ccccc1Cl)c1ccccc1)C1CCCCC1. The van der Waals surface area contributed by atoms with Gasteiger partial charge in [0.15, 0.2) is 0 Å². The molecular weight excluding hydrogens is 372 g/mol. The van der Waals surface area contributed by atoms with Crippen molar-refractivity contribution in [3.8, 4) is 0 Å². The van der Waals surface area contributed by atoms with Gasteiger partial charge in [0.25, 0.3) is 5.91 Å². The van der Waals surface area contributed by atoms with Crippen molar-refractivity contribution in [2.45, 2.75) is 50.6 Å². The Kier molecular flexibility index (Phi) is 7.10. The summed E-state index contributed by atoms with van der Waals surface area (Å²) in [7, 11) is 1.89. The van der Waals surface area contributed by atoms with Crippen LogP contribution < -0.4 is 5.32 Å². The fraction of sp³-hybridized carbons (Fsp3) is 0.391. The average molecular weight is 399 g/mol. The summed E-state index contributed by atoms with van der Waals surface area (Å²) in [6, 6.07) is 16.5. The zero-order valence-electron chi connectivity index (χ0n) is 16.2. The van der Waals surface area contributed by atoms with Crippen LogP contribution in [0.3, 0.4) is 0 Å². The van der Waals surface area contributed by atoms with Crippen LogP contribution in [0.4, 0.5) is 0 Å². The van der Waals surface area contributed by atoms with Gasteiger partial charge in [-0.3, -0.25) is 9.59 Å². The lowest BCUT2D eigenvalue weighted by molar-refractivity contribution is -0.133. The summed E-state index contributed by atoms with van der Waals surface area (Å²) in [4.78, 5) is 27.6. The molecule has 0 aliphatic heterocycles. The zero-order valence-corrected chi connectivity index (χ0v) is 17.0. The third kappa shape index (κ3) is 5.14. The van der Waals surface area contributed by atoms with Gasteiger partial charge in [0.1, 0.15) is 0 Å². The van der Waals surface area contributed by atoms with Crippen molar-refractivity contribution in [2.24, 2.45) is 0 Å². The highest BCUT2D eigenvalue weighted by Crippen LogP contribution is 2.25. The topological polar surface area (TPSA) is 49.4 Å². The number of hydrogen-bond acceptors (Lipinski definition) is 2. The minimum atomic E-state index is -0.400. The van der Waals surface area contributed by atoms with Gasteiger partial charge in [-0.1, -0.05) is 73.3 Å². The van der Waals surface area contributed by atoms with Crippen LogP contribution in [0.2, 0.25) is 5.02 Å². The summed E-state index contributed by atoms with van der Waals surface area (Å²) in [5, 5.41) is 3.41. The van der Waals surface area contributed by atoms with Gasteiger partial charge < -0.3 is 10.2 Å². The van der Waals surface area contributed by atoms with Crippen LogP contribution in [0.1, 0.15) is 60.5 Å². The number of benzene rings is 2. The first-order valence-corrected chi connectivity index (χ1v) is 10.3. The Hall–Kier alpha value is -2.33. The number of amides is 2. The van der Waals surface area contributed by atoms with E-state index in [1.807, 2.05) is 42.3 Å². The molecule has 1 atom stereocenters. The number of carbonyl (C=O) groups excluding carboxylic acids is 2. The quantitative estimate of drug-likeness (QED) is 0.744. The van der Waals surface area contributed by atoms with Crippen LogP contribution in [-0.4, -0.2) is 29.8 Å². The van der Waals surface area contributed by atoms with E-state index in [-0.39, 0.29) is 18.2 Å². The van der Waals surface area contributed by atoms with E-state index in [0.29, 0.717) is 16.6 Å². The highest BCUT2D eigenvalue weighted by atomic mass is 35.5. The predicted octanol–water partition coefficient (Wildman–Crippen LogP) is 4.99. The van der Waals surface area contributed by atoms with Crippen LogP contribution >= 0.6 is 11.6 Å². The van der Waals surface area contributed by atoms with E-state index in [1.54, 1.807) is 24.3 Å². The van der Waals surface area contributed by atoms with E-state index in [0.717, 1.165) is 18.4 Å². The minimum absolute atomic E-state index is 0.0558. The molecule has 2 aromatic carbocycles. The zero-order chi connectivity index (χ0) is 19.9. The highest BCUT2D eigenvalue weighted by Gasteiger charge is 2.26. The maximum atomic E-state index is 13.0. The van der Waals surface area contributed by atoms with Crippen molar-refractivity contribution >= 4 is 23.4 Å². The Morgan fingerprint density at radius 1 is 1.04 bits per heavy atom. The Labute approximate surface area is 171 Å². The largest absolute Gasteiger partial charge is 0.345 e. The van der Waals surface area contributed by atoms with Gasteiger partial charge in [0.2, 0.25) is 5.91 Å². The fourth-order valence-corrected chi connectivity index (χ4v) is 4.03. The molecule has 0 radical (unpaired) electrons. The molecule has 1 fully saturated rings. The summed E-state index contributed by atoms with van der Waals surface area (Å²) in [5.74, 6) is -0.215. The highest BCUT2D eigenvalue weighted by molar-refractivity contribution is 6.33. The van der Waals surface area contributed by atoms with Gasteiger partial charge >= 0.3 is 0 Å². The lowest BCUT2D eigenvalue weighted by atomic mass is 9.94. The van der Waals surface area contributed by atoms with Crippen molar-refractivity contribution in [1.29, 1.82) is 0 Å². The van der Waals surface area contributed by atoms with Crippen molar-refractivity contribution in [1.82, 2.24) is 10.2 Å². The van der Waals surface area contributed by atoms with Gasteiger partial charge in [0.05, 0.1) is 23.0 Å². The predicted molar refractivity (Wildman–Crippen MR) is 112 cm³/mol. The fourth-order valence-electron chi connectivity index (χ4n) is 3.81. The Bertz CT molecular complexity index is 803. The van der Waals surface area contributed by atoms with Gasteiger partial charge in [-0.25, -0.2) is 0 Å². The molecule has 2 aromatic rings. The molecule has 0 aromatic heterocycles. The van der Waals surface area contributed by atoms with Gasteiger partial charge in [-0.2, -0.15) is 0 Å².